The van der Waals surface area contributed by atoms with Crippen LogP contribution in [0.25, 0.3) is 10.8 Å². The molecular formula is C15H13N3. The summed E-state index contributed by atoms with van der Waals surface area (Å²) in [5, 5.41) is 5.73. The van der Waals surface area contributed by atoms with E-state index in [0.29, 0.717) is 0 Å². The second-order valence-corrected chi connectivity index (χ2v) is 4.21. The zero-order valence-corrected chi connectivity index (χ0v) is 10.1. The molecule has 18 heavy (non-hydrogen) atoms. The number of aromatic nitrogens is 2. The first kappa shape index (κ1) is 10.7. The molecule has 0 saturated carbocycles. The largest absolute Gasteiger partial charge is 0.355 e. The Labute approximate surface area is 106 Å². The monoisotopic (exact) mass is 235 g/mol. The zero-order valence-electron chi connectivity index (χ0n) is 10.1. The number of benzene rings is 1. The second kappa shape index (κ2) is 4.45. The first-order chi connectivity index (χ1) is 8.83. The number of aryl methyl sites for hydroxylation is 1. The highest BCUT2D eigenvalue weighted by molar-refractivity contribution is 5.95. The highest BCUT2D eigenvalue weighted by Gasteiger charge is 2.02. The van der Waals surface area contributed by atoms with Gasteiger partial charge in [0.25, 0.3) is 0 Å². The minimum absolute atomic E-state index is 1.02. The van der Waals surface area contributed by atoms with Crippen LogP contribution in [0.3, 0.4) is 0 Å². The van der Waals surface area contributed by atoms with Crippen molar-refractivity contribution in [3.63, 3.8) is 0 Å². The molecule has 0 unspecified atom stereocenters. The lowest BCUT2D eigenvalue weighted by Gasteiger charge is -2.09. The van der Waals surface area contributed by atoms with Crippen LogP contribution in [-0.4, -0.2) is 9.97 Å². The van der Waals surface area contributed by atoms with Crippen molar-refractivity contribution < 1.29 is 0 Å². The molecule has 0 fully saturated rings. The maximum Gasteiger partial charge on any atom is 0.0465 e. The van der Waals surface area contributed by atoms with Gasteiger partial charge in [0.1, 0.15) is 0 Å². The fourth-order valence-electron chi connectivity index (χ4n) is 1.97. The van der Waals surface area contributed by atoms with Gasteiger partial charge in [-0.05, 0) is 31.2 Å². The number of hydrogen-bond donors (Lipinski definition) is 1. The Kier molecular flexibility index (Phi) is 2.65. The van der Waals surface area contributed by atoms with Crippen LogP contribution >= 0.6 is 0 Å². The Bertz CT molecular complexity index is 678. The van der Waals surface area contributed by atoms with Gasteiger partial charge in [-0.2, -0.15) is 0 Å². The molecule has 88 valence electrons. The number of fused-ring (bicyclic) bond motifs is 1. The standard InChI is InChI=1S/C15H13N3/c1-11-9-14-12(10-17-11)3-2-4-15(14)18-13-5-7-16-8-6-13/h2-10H,1H3,(H,16,18). The van der Waals surface area contributed by atoms with E-state index in [4.69, 9.17) is 0 Å². The van der Waals surface area contributed by atoms with Crippen LogP contribution in [0.15, 0.2) is 55.0 Å². The maximum atomic E-state index is 4.32. The van der Waals surface area contributed by atoms with E-state index in [1.807, 2.05) is 31.3 Å². The molecule has 0 saturated heterocycles. The van der Waals surface area contributed by atoms with E-state index < -0.39 is 0 Å². The average molecular weight is 235 g/mol. The summed E-state index contributed by atoms with van der Waals surface area (Å²) in [4.78, 5) is 8.33. The molecule has 0 radical (unpaired) electrons. The van der Waals surface area contributed by atoms with Gasteiger partial charge in [-0.1, -0.05) is 12.1 Å². The van der Waals surface area contributed by atoms with E-state index in [2.05, 4.69) is 33.5 Å². The van der Waals surface area contributed by atoms with Gasteiger partial charge < -0.3 is 5.32 Å². The summed E-state index contributed by atoms with van der Waals surface area (Å²) in [6.45, 7) is 2.00. The van der Waals surface area contributed by atoms with Gasteiger partial charge in [0.15, 0.2) is 0 Å². The van der Waals surface area contributed by atoms with Crippen molar-refractivity contribution in [3.05, 3.63) is 60.7 Å². The van der Waals surface area contributed by atoms with Crippen molar-refractivity contribution in [2.24, 2.45) is 0 Å². The van der Waals surface area contributed by atoms with Gasteiger partial charge in [-0.15, -0.1) is 0 Å². The minimum Gasteiger partial charge on any atom is -0.355 e. The van der Waals surface area contributed by atoms with Gasteiger partial charge in [0.2, 0.25) is 0 Å². The summed E-state index contributed by atoms with van der Waals surface area (Å²) in [5.74, 6) is 0. The molecule has 3 heteroatoms. The Morgan fingerprint density at radius 2 is 1.89 bits per heavy atom. The molecule has 3 nitrogen and oxygen atoms in total. The number of pyridine rings is 2. The van der Waals surface area contributed by atoms with Gasteiger partial charge in [0.05, 0.1) is 0 Å². The smallest absolute Gasteiger partial charge is 0.0465 e. The Morgan fingerprint density at radius 1 is 1.06 bits per heavy atom. The molecule has 0 amide bonds. The van der Waals surface area contributed by atoms with Crippen LogP contribution in [-0.2, 0) is 0 Å². The van der Waals surface area contributed by atoms with Crippen molar-refractivity contribution in [1.82, 2.24) is 9.97 Å². The lowest BCUT2D eigenvalue weighted by atomic mass is 10.1. The van der Waals surface area contributed by atoms with Crippen molar-refractivity contribution in [1.29, 1.82) is 0 Å². The molecule has 1 N–H and O–H groups in total. The summed E-state index contributed by atoms with van der Waals surface area (Å²) >= 11 is 0. The molecule has 0 bridgehead atoms. The predicted molar refractivity (Wildman–Crippen MR) is 74.0 cm³/mol. The Hall–Kier alpha value is -2.42. The van der Waals surface area contributed by atoms with Crippen molar-refractivity contribution in [2.75, 3.05) is 5.32 Å². The summed E-state index contributed by atoms with van der Waals surface area (Å²) < 4.78 is 0. The average Bonchev–Trinajstić information content (AvgIpc) is 2.41. The molecule has 1 aromatic carbocycles. The van der Waals surface area contributed by atoms with E-state index in [-0.39, 0.29) is 0 Å². The first-order valence-corrected chi connectivity index (χ1v) is 5.85. The van der Waals surface area contributed by atoms with Crippen LogP contribution in [0.2, 0.25) is 0 Å². The van der Waals surface area contributed by atoms with E-state index in [0.717, 1.165) is 22.5 Å². The van der Waals surface area contributed by atoms with E-state index >= 15 is 0 Å². The maximum absolute atomic E-state index is 4.32. The number of nitrogens with one attached hydrogen (secondary N) is 1. The lowest BCUT2D eigenvalue weighted by molar-refractivity contribution is 1.22. The van der Waals surface area contributed by atoms with Crippen molar-refractivity contribution in [2.45, 2.75) is 6.92 Å². The van der Waals surface area contributed by atoms with Gasteiger partial charge >= 0.3 is 0 Å². The van der Waals surface area contributed by atoms with E-state index in [1.54, 1.807) is 12.4 Å². The molecular weight excluding hydrogens is 222 g/mol. The van der Waals surface area contributed by atoms with Crippen LogP contribution in [0.4, 0.5) is 11.4 Å². The zero-order chi connectivity index (χ0) is 12.4. The molecule has 0 aliphatic heterocycles. The van der Waals surface area contributed by atoms with Crippen LogP contribution in [0.1, 0.15) is 5.69 Å². The molecule has 3 rings (SSSR count). The van der Waals surface area contributed by atoms with Crippen molar-refractivity contribution >= 4 is 22.1 Å². The van der Waals surface area contributed by atoms with Crippen LogP contribution in [0, 0.1) is 6.92 Å². The fraction of sp³-hybridized carbons (Fsp3) is 0.0667. The van der Waals surface area contributed by atoms with Crippen LogP contribution < -0.4 is 5.32 Å². The number of anilines is 2. The SMILES string of the molecule is Cc1cc2c(Nc3ccncc3)cccc2cn1. The molecule has 3 aromatic rings. The molecule has 0 aliphatic rings. The highest BCUT2D eigenvalue weighted by Crippen LogP contribution is 2.26. The Balaban J connectivity index is 2.09. The van der Waals surface area contributed by atoms with Gasteiger partial charge in [-0.3, -0.25) is 9.97 Å². The summed E-state index contributed by atoms with van der Waals surface area (Å²) in [6, 6.07) is 12.2. The van der Waals surface area contributed by atoms with Crippen LogP contribution in [0.5, 0.6) is 0 Å². The second-order valence-electron chi connectivity index (χ2n) is 4.21. The lowest BCUT2D eigenvalue weighted by Crippen LogP contribution is -1.92. The van der Waals surface area contributed by atoms with E-state index in [9.17, 15) is 0 Å². The fourth-order valence-corrected chi connectivity index (χ4v) is 1.97. The molecule has 0 atom stereocenters. The minimum atomic E-state index is 1.02. The normalized spacial score (nSPS) is 10.5. The Morgan fingerprint density at radius 3 is 2.72 bits per heavy atom. The molecule has 2 heterocycles. The van der Waals surface area contributed by atoms with Gasteiger partial charge in [-0.25, -0.2) is 0 Å². The first-order valence-electron chi connectivity index (χ1n) is 5.85. The predicted octanol–water partition coefficient (Wildman–Crippen LogP) is 3.68. The van der Waals surface area contributed by atoms with Crippen molar-refractivity contribution in [3.8, 4) is 0 Å². The van der Waals surface area contributed by atoms with E-state index in [1.165, 1.54) is 5.39 Å². The molecule has 0 aliphatic carbocycles. The number of rotatable bonds is 2. The highest BCUT2D eigenvalue weighted by atomic mass is 14.9. The number of hydrogen-bond acceptors (Lipinski definition) is 3. The third-order valence-electron chi connectivity index (χ3n) is 2.86. The quantitative estimate of drug-likeness (QED) is 0.736. The summed E-state index contributed by atoms with van der Waals surface area (Å²) in [5.41, 5.74) is 3.14. The number of nitrogens with zero attached hydrogens (tertiary/aromatic N) is 2. The topological polar surface area (TPSA) is 37.8 Å². The molecule has 2 aromatic heterocycles. The third-order valence-corrected chi connectivity index (χ3v) is 2.86. The van der Waals surface area contributed by atoms with Gasteiger partial charge in [0, 0.05) is 46.4 Å². The summed E-state index contributed by atoms with van der Waals surface area (Å²) in [6.07, 6.45) is 5.46. The molecule has 0 spiro atoms. The third kappa shape index (κ3) is 2.02. The summed E-state index contributed by atoms with van der Waals surface area (Å²) in [7, 11) is 0.